The number of carbonyl (C=O) groups excluding carboxylic acids is 11. The number of likely N-dealkylation sites (tertiary alicyclic amines) is 1. The molecule has 0 aromatic heterocycles. The number of aryl methyl sites for hydroxylation is 1. The van der Waals surface area contributed by atoms with Gasteiger partial charge >= 0.3 is 0 Å². The van der Waals surface area contributed by atoms with Gasteiger partial charge in [-0.3, -0.25) is 57.6 Å². The first kappa shape index (κ1) is 45.4. The Bertz CT molecular complexity index is 1730. The number of rotatable bonds is 24. The maximum atomic E-state index is 13.1. The number of hydrogen-bond donors (Lipinski definition) is 6. The first-order valence-corrected chi connectivity index (χ1v) is 20.0. The summed E-state index contributed by atoms with van der Waals surface area (Å²) in [7, 11) is 3.30. The van der Waals surface area contributed by atoms with Gasteiger partial charge in [-0.15, -0.1) is 11.8 Å². The van der Waals surface area contributed by atoms with Gasteiger partial charge in [-0.1, -0.05) is 33.7 Å². The van der Waals surface area contributed by atoms with Crippen LogP contribution < -0.4 is 32.7 Å². The van der Waals surface area contributed by atoms with Gasteiger partial charge < -0.3 is 42.4 Å². The van der Waals surface area contributed by atoms with Gasteiger partial charge in [0.15, 0.2) is 11.6 Å². The molecule has 8 N–H and O–H groups in total. The summed E-state index contributed by atoms with van der Waals surface area (Å²) in [5, 5.41) is 7.82. The number of anilines is 1. The molecule has 304 valence electrons. The van der Waals surface area contributed by atoms with E-state index in [4.69, 9.17) is 16.2 Å². The number of ketones is 2. The molecule has 9 amide bonds. The quantitative estimate of drug-likeness (QED) is 0.0266. The second kappa shape index (κ2) is 21.3. The number of Topliss-reactive ketones (excluding diaryl/α,β-unsaturated/α-hetero) is 2. The van der Waals surface area contributed by atoms with Crippen LogP contribution in [0.25, 0.3) is 0 Å². The van der Waals surface area contributed by atoms with E-state index in [2.05, 4.69) is 21.3 Å². The zero-order chi connectivity index (χ0) is 41.6. The largest absolute Gasteiger partial charge is 0.368 e. The molecule has 2 aliphatic heterocycles. The lowest BCUT2D eigenvalue weighted by molar-refractivity contribution is -0.143. The van der Waals surface area contributed by atoms with Crippen molar-refractivity contribution in [1.29, 1.82) is 0 Å². The average Bonchev–Trinajstić information content (AvgIpc) is 3.92. The van der Waals surface area contributed by atoms with Crippen LogP contribution in [0.15, 0.2) is 24.3 Å². The number of benzene rings is 1. The summed E-state index contributed by atoms with van der Waals surface area (Å²) in [6, 6.07) is 6.64. The van der Waals surface area contributed by atoms with Crippen molar-refractivity contribution in [2.75, 3.05) is 58.3 Å². The van der Waals surface area contributed by atoms with Crippen LogP contribution in [0.4, 0.5) is 5.69 Å². The highest BCUT2D eigenvalue weighted by Crippen LogP contribution is 2.65. The third-order valence-corrected chi connectivity index (χ3v) is 12.4. The highest BCUT2D eigenvalue weighted by molar-refractivity contribution is 8.94. The van der Waals surface area contributed by atoms with Gasteiger partial charge in [0.25, 0.3) is 5.91 Å². The van der Waals surface area contributed by atoms with E-state index in [0.717, 1.165) is 43.9 Å². The zero-order valence-corrected chi connectivity index (χ0v) is 32.9. The lowest BCUT2D eigenvalue weighted by atomic mass is 10.1. The zero-order valence-electron chi connectivity index (χ0n) is 30.4. The van der Waals surface area contributed by atoms with E-state index in [-0.39, 0.29) is 50.7 Å². The molecule has 56 heavy (non-hydrogen) atoms. The van der Waals surface area contributed by atoms with Gasteiger partial charge in [0.2, 0.25) is 51.3 Å². The van der Waals surface area contributed by atoms with Crippen LogP contribution in [-0.2, 0) is 63.9 Å². The van der Waals surface area contributed by atoms with E-state index in [1.807, 2.05) is 0 Å². The van der Waals surface area contributed by atoms with Crippen LogP contribution >= 0.6 is 33.3 Å². The van der Waals surface area contributed by atoms with Crippen LogP contribution in [0.1, 0.15) is 31.7 Å². The molecule has 3 rings (SSSR count). The van der Waals surface area contributed by atoms with Gasteiger partial charge in [0.1, 0.15) is 25.0 Å². The molecule has 20 nitrogen and oxygen atoms in total. The summed E-state index contributed by atoms with van der Waals surface area (Å²) in [4.78, 5) is 137. The average molecular weight is 839 g/mol. The van der Waals surface area contributed by atoms with E-state index >= 15 is 0 Å². The molecule has 2 fully saturated rings. The predicted octanol–water partition coefficient (Wildman–Crippen LogP) is -2.78. The van der Waals surface area contributed by atoms with Crippen LogP contribution in [0.3, 0.4) is 0 Å². The highest BCUT2D eigenvalue weighted by atomic mass is 33.2. The summed E-state index contributed by atoms with van der Waals surface area (Å²) in [5.41, 5.74) is 11.8. The number of amides is 9. The molecule has 1 aromatic rings. The third-order valence-electron chi connectivity index (χ3n) is 8.04. The number of imide groups is 1. The Kier molecular flexibility index (Phi) is 17.3. The molecule has 0 aliphatic carbocycles. The molecule has 0 spiro atoms. The Balaban J connectivity index is 1.48. The molecule has 23 heteroatoms. The standard InChI is InChI=1S/C33H42N8O12S3/c1-18(42)29(30(34)50)54-21-13-27(48)41(31(21)51)12-11-38-25(46)15-40(14-22(43)33(32(35)52)55-56-33)28(49)17-53-16-26(47)39-20-6-3-19(4-7-20)5-8-24(45)37-10-9-23(44)36-2/h3-4,6-7,21,29H,5,8-17H2,1-2H3,(H2,34,50)(H2,35,52)(H,36,44)(H,37,45)(H,38,46)(H,39,47). The number of thioether (sulfide) groups is 1. The molecule has 0 bridgehead atoms. The fourth-order valence-electron chi connectivity index (χ4n) is 4.98. The van der Waals surface area contributed by atoms with Crippen molar-refractivity contribution in [1.82, 2.24) is 25.8 Å². The molecule has 0 saturated carbocycles. The fourth-order valence-corrected chi connectivity index (χ4v) is 7.98. The van der Waals surface area contributed by atoms with Crippen molar-refractivity contribution in [3.63, 3.8) is 0 Å². The van der Waals surface area contributed by atoms with Gasteiger partial charge in [-0.25, -0.2) is 0 Å². The number of carbonyl (C=O) groups is 11. The van der Waals surface area contributed by atoms with Gasteiger partial charge in [-0.05, 0) is 31.0 Å². The molecular formula is C33H42N8O12S3. The number of ether oxygens (including phenoxy) is 1. The van der Waals surface area contributed by atoms with E-state index in [1.165, 1.54) is 7.05 Å². The lowest BCUT2D eigenvalue weighted by Gasteiger charge is -2.23. The minimum Gasteiger partial charge on any atom is -0.368 e. The van der Waals surface area contributed by atoms with Crippen molar-refractivity contribution >= 4 is 104 Å². The van der Waals surface area contributed by atoms with E-state index in [1.54, 1.807) is 24.3 Å². The lowest BCUT2D eigenvalue weighted by Crippen LogP contribution is -2.49. The second-order valence-corrected chi connectivity index (χ2v) is 16.4. The number of hydrogen-bond acceptors (Lipinski definition) is 15. The van der Waals surface area contributed by atoms with Crippen molar-refractivity contribution in [2.24, 2.45) is 11.5 Å². The Labute approximate surface area is 332 Å². The second-order valence-electron chi connectivity index (χ2n) is 12.3. The van der Waals surface area contributed by atoms with Crippen LogP contribution in [0.2, 0.25) is 0 Å². The van der Waals surface area contributed by atoms with Gasteiger partial charge in [0.05, 0.1) is 11.8 Å². The van der Waals surface area contributed by atoms with Crippen molar-refractivity contribution in [2.45, 2.75) is 47.2 Å². The van der Waals surface area contributed by atoms with Crippen molar-refractivity contribution < 1.29 is 57.5 Å². The van der Waals surface area contributed by atoms with Crippen molar-refractivity contribution in [3.05, 3.63) is 29.8 Å². The van der Waals surface area contributed by atoms with Gasteiger partial charge in [-0.2, -0.15) is 0 Å². The Morgan fingerprint density at radius 1 is 0.911 bits per heavy atom. The van der Waals surface area contributed by atoms with Crippen LogP contribution in [-0.4, -0.2) is 142 Å². The highest BCUT2D eigenvalue weighted by Gasteiger charge is 2.59. The Morgan fingerprint density at radius 3 is 2.16 bits per heavy atom. The molecule has 2 heterocycles. The number of primary amides is 2. The number of nitrogens with two attached hydrogens (primary N) is 2. The summed E-state index contributed by atoms with van der Waals surface area (Å²) >= 11 is 0.672. The summed E-state index contributed by atoms with van der Waals surface area (Å²) < 4.78 is 3.63. The minimum atomic E-state index is -1.62. The van der Waals surface area contributed by atoms with Crippen LogP contribution in [0, 0.1) is 0 Å². The van der Waals surface area contributed by atoms with Crippen LogP contribution in [0.5, 0.6) is 0 Å². The SMILES string of the molecule is CNC(=O)CCNC(=O)CCc1ccc(NC(=O)COCC(=O)N(CC(=O)NCCN2C(=O)CC(SC(C(C)=O)C(N)=O)C2=O)CC(=O)C2(C(N)=O)SS2)cc1. The number of nitrogens with zero attached hydrogens (tertiary/aromatic N) is 2. The predicted molar refractivity (Wildman–Crippen MR) is 204 cm³/mol. The Hall–Kier alpha value is -5.00. The smallest absolute Gasteiger partial charge is 0.253 e. The summed E-state index contributed by atoms with van der Waals surface area (Å²) in [6.07, 6.45) is 0.497. The third kappa shape index (κ3) is 13.6. The maximum absolute atomic E-state index is 13.1. The molecule has 1 aromatic carbocycles. The first-order chi connectivity index (χ1) is 26.5. The molecule has 2 atom stereocenters. The summed E-state index contributed by atoms with van der Waals surface area (Å²) in [6.45, 7) is -1.88. The summed E-state index contributed by atoms with van der Waals surface area (Å²) in [5.74, 6) is -7.18. The number of nitrogens with one attached hydrogen (secondary N) is 4. The molecule has 0 radical (unpaired) electrons. The molecule has 2 saturated heterocycles. The van der Waals surface area contributed by atoms with E-state index < -0.39 is 93.8 Å². The first-order valence-electron chi connectivity index (χ1n) is 16.9. The molecule has 2 unspecified atom stereocenters. The topological polar surface area (TPSA) is 304 Å². The van der Waals surface area contributed by atoms with Crippen molar-refractivity contribution in [3.8, 4) is 0 Å². The van der Waals surface area contributed by atoms with E-state index in [9.17, 15) is 52.7 Å². The van der Waals surface area contributed by atoms with E-state index in [0.29, 0.717) is 23.9 Å². The molecular weight excluding hydrogens is 797 g/mol. The molecule has 2 aliphatic rings. The maximum Gasteiger partial charge on any atom is 0.253 e. The van der Waals surface area contributed by atoms with Gasteiger partial charge in [0, 0.05) is 51.6 Å². The Morgan fingerprint density at radius 2 is 1.57 bits per heavy atom. The monoisotopic (exact) mass is 838 g/mol. The fraction of sp³-hybridized carbons (Fsp3) is 0.485. The normalized spacial score (nSPS) is 16.0. The minimum absolute atomic E-state index is 0.172.